The second-order valence-corrected chi connectivity index (χ2v) is 7.04. The normalized spacial score (nSPS) is 18.4. The number of carbonyl (C=O) groups excluding carboxylic acids is 1. The molecule has 1 heterocycles. The highest BCUT2D eigenvalue weighted by molar-refractivity contribution is 6.30. The molecule has 2 atom stereocenters. The van der Waals surface area contributed by atoms with E-state index in [9.17, 15) is 4.79 Å². The van der Waals surface area contributed by atoms with Crippen molar-refractivity contribution in [2.75, 3.05) is 10.6 Å². The predicted octanol–water partition coefficient (Wildman–Crippen LogP) is 5.29. The lowest BCUT2D eigenvalue weighted by molar-refractivity contribution is 0.262. The third kappa shape index (κ3) is 3.58. The van der Waals surface area contributed by atoms with Crippen molar-refractivity contribution in [3.63, 3.8) is 0 Å². The largest absolute Gasteiger partial charge is 0.324 e. The average Bonchev–Trinajstić information content (AvgIpc) is 3.23. The summed E-state index contributed by atoms with van der Waals surface area (Å²) in [7, 11) is 0. The van der Waals surface area contributed by atoms with Crippen molar-refractivity contribution in [1.82, 2.24) is 9.78 Å². The minimum Gasteiger partial charge on any atom is -0.308 e. The number of carbonyl (C=O) groups is 1. The second kappa shape index (κ2) is 6.84. The van der Waals surface area contributed by atoms with Gasteiger partial charge in [-0.15, -0.1) is 0 Å². The molecule has 0 spiro atoms. The molecule has 3 aromatic rings. The molecule has 132 valence electrons. The number of rotatable bonds is 4. The number of halogens is 1. The molecule has 5 nitrogen and oxygen atoms in total. The summed E-state index contributed by atoms with van der Waals surface area (Å²) in [5.41, 5.74) is 2.60. The molecule has 1 aromatic heterocycles. The van der Waals surface area contributed by atoms with E-state index < -0.39 is 0 Å². The number of benzene rings is 2. The average molecular weight is 367 g/mol. The van der Waals surface area contributed by atoms with E-state index in [2.05, 4.69) is 17.6 Å². The van der Waals surface area contributed by atoms with E-state index in [1.165, 1.54) is 0 Å². The fourth-order valence-electron chi connectivity index (χ4n) is 2.98. The van der Waals surface area contributed by atoms with Crippen molar-refractivity contribution in [2.24, 2.45) is 5.92 Å². The van der Waals surface area contributed by atoms with Crippen LogP contribution in [0.1, 0.15) is 25.0 Å². The number of amides is 2. The molecule has 26 heavy (non-hydrogen) atoms. The zero-order valence-corrected chi connectivity index (χ0v) is 15.1. The summed E-state index contributed by atoms with van der Waals surface area (Å²) in [5.74, 6) is 1.77. The summed E-state index contributed by atoms with van der Waals surface area (Å²) < 4.78 is 1.78. The zero-order chi connectivity index (χ0) is 18.1. The van der Waals surface area contributed by atoms with Crippen molar-refractivity contribution >= 4 is 29.1 Å². The van der Waals surface area contributed by atoms with Crippen LogP contribution in [-0.2, 0) is 0 Å². The molecule has 2 N–H and O–H groups in total. The molecule has 2 aromatic carbocycles. The van der Waals surface area contributed by atoms with Crippen molar-refractivity contribution in [1.29, 1.82) is 0 Å². The van der Waals surface area contributed by atoms with Crippen LogP contribution in [-0.4, -0.2) is 15.8 Å². The van der Waals surface area contributed by atoms with Gasteiger partial charge in [-0.1, -0.05) is 36.7 Å². The van der Waals surface area contributed by atoms with Crippen molar-refractivity contribution in [3.8, 4) is 5.69 Å². The van der Waals surface area contributed by atoms with E-state index in [1.807, 2.05) is 36.4 Å². The maximum atomic E-state index is 12.4. The Labute approximate surface area is 157 Å². The van der Waals surface area contributed by atoms with E-state index in [-0.39, 0.29) is 6.03 Å². The Hall–Kier alpha value is -2.79. The first-order valence-electron chi connectivity index (χ1n) is 8.59. The van der Waals surface area contributed by atoms with Crippen molar-refractivity contribution in [3.05, 3.63) is 71.4 Å². The SMILES string of the molecule is CC1CC1c1cc(NC(=O)Nc2ccc(Cl)cc2)n(-c2ccccc2)n1. The molecule has 1 aliphatic carbocycles. The number of aromatic nitrogens is 2. The fraction of sp³-hybridized carbons (Fsp3) is 0.200. The first-order chi connectivity index (χ1) is 12.6. The molecule has 0 radical (unpaired) electrons. The van der Waals surface area contributed by atoms with Gasteiger partial charge in [-0.05, 0) is 48.7 Å². The lowest BCUT2D eigenvalue weighted by Gasteiger charge is -2.10. The second-order valence-electron chi connectivity index (χ2n) is 6.61. The Balaban J connectivity index is 1.57. The quantitative estimate of drug-likeness (QED) is 0.658. The summed E-state index contributed by atoms with van der Waals surface area (Å²) in [4.78, 5) is 12.4. The monoisotopic (exact) mass is 366 g/mol. The van der Waals surface area contributed by atoms with Gasteiger partial charge in [-0.25, -0.2) is 9.48 Å². The molecule has 0 saturated heterocycles. The van der Waals surface area contributed by atoms with Crippen LogP contribution in [0.4, 0.5) is 16.3 Å². The Kier molecular flexibility index (Phi) is 4.39. The van der Waals surface area contributed by atoms with E-state index in [1.54, 1.807) is 28.9 Å². The molecule has 1 fully saturated rings. The highest BCUT2D eigenvalue weighted by atomic mass is 35.5. The van der Waals surface area contributed by atoms with Crippen LogP contribution in [0.3, 0.4) is 0 Å². The highest BCUT2D eigenvalue weighted by Gasteiger charge is 2.36. The molecule has 2 unspecified atom stereocenters. The topological polar surface area (TPSA) is 59.0 Å². The zero-order valence-electron chi connectivity index (χ0n) is 14.3. The Morgan fingerprint density at radius 3 is 2.46 bits per heavy atom. The third-order valence-electron chi connectivity index (χ3n) is 4.56. The maximum absolute atomic E-state index is 12.4. The number of anilines is 2. The van der Waals surface area contributed by atoms with Crippen LogP contribution < -0.4 is 10.6 Å². The minimum absolute atomic E-state index is 0.320. The molecule has 0 bridgehead atoms. The van der Waals surface area contributed by atoms with Gasteiger partial charge in [-0.2, -0.15) is 5.10 Å². The fourth-order valence-corrected chi connectivity index (χ4v) is 3.11. The van der Waals surface area contributed by atoms with Crippen molar-refractivity contribution in [2.45, 2.75) is 19.3 Å². The molecule has 4 rings (SSSR count). The van der Waals surface area contributed by atoms with Crippen LogP contribution in [0.2, 0.25) is 5.02 Å². The molecule has 6 heteroatoms. The summed E-state index contributed by atoms with van der Waals surface area (Å²) in [6.45, 7) is 2.21. The highest BCUT2D eigenvalue weighted by Crippen LogP contribution is 2.47. The number of nitrogens with one attached hydrogen (secondary N) is 2. The number of urea groups is 1. The van der Waals surface area contributed by atoms with E-state index in [0.717, 1.165) is 17.8 Å². The molecule has 0 aliphatic heterocycles. The van der Waals surface area contributed by atoms with Gasteiger partial charge in [0, 0.05) is 22.7 Å². The summed E-state index contributed by atoms with van der Waals surface area (Å²) in [5, 5.41) is 11.1. The van der Waals surface area contributed by atoms with Gasteiger partial charge < -0.3 is 5.32 Å². The van der Waals surface area contributed by atoms with Gasteiger partial charge in [0.25, 0.3) is 0 Å². The van der Waals surface area contributed by atoms with Crippen LogP contribution in [0.15, 0.2) is 60.7 Å². The van der Waals surface area contributed by atoms with Gasteiger partial charge in [0.1, 0.15) is 5.82 Å². The Morgan fingerprint density at radius 1 is 1.12 bits per heavy atom. The lowest BCUT2D eigenvalue weighted by Crippen LogP contribution is -2.21. The van der Waals surface area contributed by atoms with Gasteiger partial charge in [0.2, 0.25) is 0 Å². The van der Waals surface area contributed by atoms with Gasteiger partial charge >= 0.3 is 6.03 Å². The summed E-state index contributed by atoms with van der Waals surface area (Å²) in [6, 6.07) is 18.4. The van der Waals surface area contributed by atoms with Crippen LogP contribution >= 0.6 is 11.6 Å². The maximum Gasteiger partial charge on any atom is 0.324 e. The molecule has 1 saturated carbocycles. The number of nitrogens with zero attached hydrogens (tertiary/aromatic N) is 2. The predicted molar refractivity (Wildman–Crippen MR) is 104 cm³/mol. The summed E-state index contributed by atoms with van der Waals surface area (Å²) in [6.07, 6.45) is 1.14. The smallest absolute Gasteiger partial charge is 0.308 e. The van der Waals surface area contributed by atoms with E-state index >= 15 is 0 Å². The van der Waals surface area contributed by atoms with Gasteiger partial charge in [-0.3, -0.25) is 5.32 Å². The number of hydrogen-bond donors (Lipinski definition) is 2. The number of hydrogen-bond acceptors (Lipinski definition) is 2. The van der Waals surface area contributed by atoms with E-state index in [0.29, 0.717) is 28.4 Å². The molecule has 1 aliphatic rings. The Morgan fingerprint density at radius 2 is 1.81 bits per heavy atom. The Bertz CT molecular complexity index is 921. The first kappa shape index (κ1) is 16.7. The minimum atomic E-state index is -0.320. The number of para-hydroxylation sites is 1. The molecular weight excluding hydrogens is 348 g/mol. The third-order valence-corrected chi connectivity index (χ3v) is 4.81. The lowest BCUT2D eigenvalue weighted by atomic mass is 10.2. The van der Waals surface area contributed by atoms with Gasteiger partial charge in [0.15, 0.2) is 0 Å². The molecule has 2 amide bonds. The van der Waals surface area contributed by atoms with E-state index in [4.69, 9.17) is 16.7 Å². The van der Waals surface area contributed by atoms with Gasteiger partial charge in [0.05, 0.1) is 11.4 Å². The van der Waals surface area contributed by atoms with Crippen LogP contribution in [0.5, 0.6) is 0 Å². The standard InChI is InChI=1S/C20H19ClN4O/c1-13-11-17(13)18-12-19(25(24-18)16-5-3-2-4-6-16)23-20(26)22-15-9-7-14(21)8-10-15/h2-10,12-13,17H,11H2,1H3,(H2,22,23,26). The summed E-state index contributed by atoms with van der Waals surface area (Å²) >= 11 is 5.88. The molecular formula is C20H19ClN4O. The van der Waals surface area contributed by atoms with Crippen molar-refractivity contribution < 1.29 is 4.79 Å². The van der Waals surface area contributed by atoms with Crippen LogP contribution in [0.25, 0.3) is 5.69 Å². The van der Waals surface area contributed by atoms with Crippen LogP contribution in [0, 0.1) is 5.92 Å². The first-order valence-corrected chi connectivity index (χ1v) is 8.97.